The molecule has 0 spiro atoms. The number of rotatable bonds is 17. The van der Waals surface area contributed by atoms with Gasteiger partial charge in [0.2, 0.25) is 23.6 Å². The fraction of sp³-hybridized carbons (Fsp3) is 0.560. The van der Waals surface area contributed by atoms with Gasteiger partial charge in [-0.3, -0.25) is 19.2 Å². The quantitative estimate of drug-likeness (QED) is 0.128. The fourth-order valence-corrected chi connectivity index (χ4v) is 3.62. The lowest BCUT2D eigenvalue weighted by Gasteiger charge is -2.28. The van der Waals surface area contributed by atoms with Crippen molar-refractivity contribution in [2.75, 3.05) is 6.54 Å². The second kappa shape index (κ2) is 16.3. The zero-order chi connectivity index (χ0) is 28.0. The largest absolute Gasteiger partial charge is 0.480 e. The Balaban J connectivity index is 2.99. The third-order valence-corrected chi connectivity index (χ3v) is 6.03. The molecule has 0 aromatic heterocycles. The van der Waals surface area contributed by atoms with E-state index in [1.54, 1.807) is 6.92 Å². The number of hydrogen-bond acceptors (Lipinski definition) is 7. The molecule has 0 saturated carbocycles. The van der Waals surface area contributed by atoms with Crippen LogP contribution in [0.15, 0.2) is 30.3 Å². The molecule has 37 heavy (non-hydrogen) atoms. The number of carboxylic acids is 1. The van der Waals surface area contributed by atoms with Gasteiger partial charge >= 0.3 is 5.97 Å². The van der Waals surface area contributed by atoms with Gasteiger partial charge in [0, 0.05) is 0 Å². The molecule has 4 amide bonds. The molecule has 0 saturated heterocycles. The summed E-state index contributed by atoms with van der Waals surface area (Å²) in [5.41, 5.74) is 17.6. The second-order valence-electron chi connectivity index (χ2n) is 9.08. The summed E-state index contributed by atoms with van der Waals surface area (Å²) in [6.45, 7) is 4.00. The van der Waals surface area contributed by atoms with E-state index in [9.17, 15) is 29.1 Å². The zero-order valence-electron chi connectivity index (χ0n) is 21.4. The molecule has 1 aromatic carbocycles. The Hall–Kier alpha value is -3.51. The van der Waals surface area contributed by atoms with E-state index in [1.807, 2.05) is 37.3 Å². The molecule has 12 nitrogen and oxygen atoms in total. The maximum atomic E-state index is 13.2. The highest BCUT2D eigenvalue weighted by Gasteiger charge is 2.32. The topological polar surface area (TPSA) is 220 Å². The highest BCUT2D eigenvalue weighted by molar-refractivity contribution is 5.95. The molecule has 1 rings (SSSR count). The first-order valence-corrected chi connectivity index (χ1v) is 12.4. The summed E-state index contributed by atoms with van der Waals surface area (Å²) in [6, 6.07) is 4.69. The van der Waals surface area contributed by atoms with Crippen molar-refractivity contribution in [1.82, 2.24) is 16.0 Å². The number of carbonyl (C=O) groups is 5. The summed E-state index contributed by atoms with van der Waals surface area (Å²) in [5.74, 6) is -4.53. The van der Waals surface area contributed by atoms with Crippen molar-refractivity contribution in [3.63, 3.8) is 0 Å². The maximum absolute atomic E-state index is 13.2. The van der Waals surface area contributed by atoms with E-state index in [2.05, 4.69) is 16.0 Å². The van der Waals surface area contributed by atoms with E-state index in [-0.39, 0.29) is 18.8 Å². The average Bonchev–Trinajstić information content (AvgIpc) is 2.85. The third kappa shape index (κ3) is 11.4. The molecule has 0 radical (unpaired) electrons. The second-order valence-corrected chi connectivity index (χ2v) is 9.08. The van der Waals surface area contributed by atoms with E-state index in [1.165, 1.54) is 0 Å². The molecule has 12 heteroatoms. The van der Waals surface area contributed by atoms with Gasteiger partial charge < -0.3 is 38.3 Å². The van der Waals surface area contributed by atoms with Gasteiger partial charge in [0.1, 0.15) is 18.1 Å². The van der Waals surface area contributed by atoms with E-state index in [0.29, 0.717) is 25.8 Å². The molecule has 10 N–H and O–H groups in total. The summed E-state index contributed by atoms with van der Waals surface area (Å²) in [7, 11) is 0. The number of carboxylic acid groups (broad SMARTS) is 1. The van der Waals surface area contributed by atoms with Crippen molar-refractivity contribution in [1.29, 1.82) is 0 Å². The Morgan fingerprint density at radius 3 is 2.08 bits per heavy atom. The van der Waals surface area contributed by atoms with Gasteiger partial charge in [0.05, 0.1) is 12.5 Å². The minimum atomic E-state index is -1.54. The van der Waals surface area contributed by atoms with Crippen molar-refractivity contribution >= 4 is 29.6 Å². The van der Waals surface area contributed by atoms with Gasteiger partial charge in [0.15, 0.2) is 0 Å². The standard InChI is InChI=1S/C25H40N6O6/c1-3-15(2)21(31-22(33)17(27)13-16-9-5-4-6-10-16)24(35)29-18(11-7-8-12-26)23(34)30-19(25(36)37)14-20(28)32/h4-6,9-10,15,17-19,21H,3,7-8,11-14,26-27H2,1-2H3,(H2,28,32)(H,29,35)(H,30,34)(H,31,33)(H,36,37). The Morgan fingerprint density at radius 1 is 0.919 bits per heavy atom. The lowest BCUT2D eigenvalue weighted by Crippen LogP contribution is -2.59. The SMILES string of the molecule is CCC(C)C(NC(=O)C(N)Cc1ccccc1)C(=O)NC(CCCCN)C(=O)NC(CC(N)=O)C(=O)O. The molecule has 5 atom stereocenters. The predicted octanol–water partition coefficient (Wildman–Crippen LogP) is -0.854. The average molecular weight is 521 g/mol. The molecule has 5 unspecified atom stereocenters. The van der Waals surface area contributed by atoms with Crippen molar-refractivity contribution in [2.24, 2.45) is 23.1 Å². The van der Waals surface area contributed by atoms with Gasteiger partial charge in [-0.2, -0.15) is 0 Å². The minimum Gasteiger partial charge on any atom is -0.480 e. The molecular weight excluding hydrogens is 480 g/mol. The number of unbranched alkanes of at least 4 members (excludes halogenated alkanes) is 1. The third-order valence-electron chi connectivity index (χ3n) is 6.03. The summed E-state index contributed by atoms with van der Waals surface area (Å²) in [4.78, 5) is 61.6. The summed E-state index contributed by atoms with van der Waals surface area (Å²) < 4.78 is 0. The first-order valence-electron chi connectivity index (χ1n) is 12.4. The highest BCUT2D eigenvalue weighted by atomic mass is 16.4. The highest BCUT2D eigenvalue weighted by Crippen LogP contribution is 2.11. The van der Waals surface area contributed by atoms with Crippen LogP contribution in [0.3, 0.4) is 0 Å². The van der Waals surface area contributed by atoms with Crippen molar-refractivity contribution in [3.05, 3.63) is 35.9 Å². The summed E-state index contributed by atoms with van der Waals surface area (Å²) in [5, 5.41) is 16.9. The number of carbonyl (C=O) groups excluding carboxylic acids is 4. The van der Waals surface area contributed by atoms with Gasteiger partial charge in [-0.05, 0) is 43.7 Å². The van der Waals surface area contributed by atoms with Crippen LogP contribution in [0.1, 0.15) is 51.5 Å². The van der Waals surface area contributed by atoms with Gasteiger partial charge in [-0.15, -0.1) is 0 Å². The fourth-order valence-electron chi connectivity index (χ4n) is 3.62. The summed E-state index contributed by atoms with van der Waals surface area (Å²) in [6.07, 6.45) is 1.45. The molecule has 1 aromatic rings. The van der Waals surface area contributed by atoms with Crippen molar-refractivity contribution in [2.45, 2.75) is 76.5 Å². The van der Waals surface area contributed by atoms with Gasteiger partial charge in [-0.1, -0.05) is 50.6 Å². The Labute approximate surface area is 217 Å². The molecule has 0 heterocycles. The Bertz CT molecular complexity index is 912. The molecule has 0 aliphatic heterocycles. The molecule has 0 aliphatic rings. The van der Waals surface area contributed by atoms with Crippen LogP contribution in [0, 0.1) is 5.92 Å². The molecule has 206 valence electrons. The normalized spacial score (nSPS) is 14.9. The molecule has 0 fully saturated rings. The van der Waals surface area contributed by atoms with E-state index in [4.69, 9.17) is 17.2 Å². The van der Waals surface area contributed by atoms with Crippen LogP contribution in [-0.4, -0.2) is 65.4 Å². The van der Waals surface area contributed by atoms with Gasteiger partial charge in [-0.25, -0.2) is 4.79 Å². The Morgan fingerprint density at radius 2 is 1.54 bits per heavy atom. The maximum Gasteiger partial charge on any atom is 0.326 e. The monoisotopic (exact) mass is 520 g/mol. The number of primary amides is 1. The number of nitrogens with one attached hydrogen (secondary N) is 3. The smallest absolute Gasteiger partial charge is 0.326 e. The molecule has 0 aliphatic carbocycles. The lowest BCUT2D eigenvalue weighted by atomic mass is 9.96. The van der Waals surface area contributed by atoms with E-state index >= 15 is 0 Å². The number of benzene rings is 1. The van der Waals surface area contributed by atoms with Crippen LogP contribution in [0.4, 0.5) is 0 Å². The molecular formula is C25H40N6O6. The van der Waals surface area contributed by atoms with Crippen LogP contribution in [-0.2, 0) is 30.4 Å². The molecule has 0 bridgehead atoms. The number of aliphatic carboxylic acids is 1. The van der Waals surface area contributed by atoms with Crippen LogP contribution < -0.4 is 33.2 Å². The van der Waals surface area contributed by atoms with E-state index in [0.717, 1.165) is 5.56 Å². The predicted molar refractivity (Wildman–Crippen MR) is 138 cm³/mol. The first kappa shape index (κ1) is 31.5. The van der Waals surface area contributed by atoms with Crippen LogP contribution in [0.5, 0.6) is 0 Å². The Kier molecular flexibility index (Phi) is 13.9. The number of nitrogens with two attached hydrogens (primary N) is 3. The lowest BCUT2D eigenvalue weighted by molar-refractivity contribution is -0.143. The van der Waals surface area contributed by atoms with Crippen molar-refractivity contribution in [3.8, 4) is 0 Å². The zero-order valence-corrected chi connectivity index (χ0v) is 21.4. The minimum absolute atomic E-state index is 0.173. The number of amides is 4. The first-order chi connectivity index (χ1) is 17.5. The summed E-state index contributed by atoms with van der Waals surface area (Å²) >= 11 is 0. The van der Waals surface area contributed by atoms with Crippen LogP contribution in [0.25, 0.3) is 0 Å². The van der Waals surface area contributed by atoms with E-state index < -0.39 is 60.2 Å². The van der Waals surface area contributed by atoms with Crippen LogP contribution in [0.2, 0.25) is 0 Å². The van der Waals surface area contributed by atoms with Crippen LogP contribution >= 0.6 is 0 Å². The van der Waals surface area contributed by atoms with Crippen molar-refractivity contribution < 1.29 is 29.1 Å². The number of hydrogen-bond donors (Lipinski definition) is 7. The van der Waals surface area contributed by atoms with Gasteiger partial charge in [0.25, 0.3) is 0 Å².